The Morgan fingerprint density at radius 1 is 0.792 bits per heavy atom. The van der Waals surface area contributed by atoms with Gasteiger partial charge < -0.3 is 4.90 Å². The van der Waals surface area contributed by atoms with Crippen molar-refractivity contribution in [2.45, 2.75) is 23.6 Å². The Kier molecular flexibility index (Phi) is 3.70. The highest BCUT2D eigenvalue weighted by Gasteiger charge is 2.24. The van der Waals surface area contributed by atoms with Gasteiger partial charge in [0.1, 0.15) is 0 Å². The Morgan fingerprint density at radius 2 is 1.33 bits per heavy atom. The third-order valence-corrected chi connectivity index (χ3v) is 5.41. The molecule has 2 heteroatoms. The molecule has 0 aromatic heterocycles. The van der Waals surface area contributed by atoms with Crippen molar-refractivity contribution < 1.29 is 0 Å². The molecule has 1 nitrogen and oxygen atoms in total. The number of hydrogen-bond acceptors (Lipinski definition) is 2. The SMILES string of the molecule is C=Cc1ccc(N2c3ccc(C)cc3Sc3cc(C)ccc32)cc1. The highest BCUT2D eigenvalue weighted by Crippen LogP contribution is 2.51. The first kappa shape index (κ1) is 15.1. The molecule has 0 aliphatic carbocycles. The van der Waals surface area contributed by atoms with E-state index in [0.717, 1.165) is 5.56 Å². The van der Waals surface area contributed by atoms with Crippen LogP contribution >= 0.6 is 11.8 Å². The fourth-order valence-electron chi connectivity index (χ4n) is 3.06. The molecule has 4 rings (SSSR count). The zero-order valence-corrected chi connectivity index (χ0v) is 14.7. The molecular weight excluding hydrogens is 310 g/mol. The van der Waals surface area contributed by atoms with E-state index in [1.54, 1.807) is 0 Å². The van der Waals surface area contributed by atoms with E-state index in [4.69, 9.17) is 0 Å². The van der Waals surface area contributed by atoms with Crippen molar-refractivity contribution in [3.63, 3.8) is 0 Å². The summed E-state index contributed by atoms with van der Waals surface area (Å²) in [6.45, 7) is 8.14. The van der Waals surface area contributed by atoms with E-state index in [0.29, 0.717) is 0 Å². The average molecular weight is 329 g/mol. The van der Waals surface area contributed by atoms with Crippen LogP contribution in [0.4, 0.5) is 17.1 Å². The van der Waals surface area contributed by atoms with Crippen LogP contribution in [0, 0.1) is 13.8 Å². The molecule has 0 saturated carbocycles. The van der Waals surface area contributed by atoms with Gasteiger partial charge in [-0.15, -0.1) is 0 Å². The molecule has 1 aliphatic rings. The van der Waals surface area contributed by atoms with Crippen molar-refractivity contribution in [1.82, 2.24) is 0 Å². The van der Waals surface area contributed by atoms with Crippen LogP contribution in [0.3, 0.4) is 0 Å². The summed E-state index contributed by atoms with van der Waals surface area (Å²) < 4.78 is 0. The molecule has 118 valence electrons. The second-order valence-electron chi connectivity index (χ2n) is 6.18. The van der Waals surface area contributed by atoms with Crippen molar-refractivity contribution >= 4 is 34.9 Å². The van der Waals surface area contributed by atoms with Gasteiger partial charge in [0, 0.05) is 15.5 Å². The van der Waals surface area contributed by atoms with Crippen LogP contribution < -0.4 is 4.90 Å². The van der Waals surface area contributed by atoms with Crippen molar-refractivity contribution in [2.75, 3.05) is 4.90 Å². The molecule has 1 heterocycles. The van der Waals surface area contributed by atoms with Crippen LogP contribution in [0.25, 0.3) is 6.08 Å². The number of aryl methyl sites for hydroxylation is 2. The predicted octanol–water partition coefficient (Wildman–Crippen LogP) is 6.88. The highest BCUT2D eigenvalue weighted by molar-refractivity contribution is 7.99. The second kappa shape index (κ2) is 5.88. The van der Waals surface area contributed by atoms with E-state index in [9.17, 15) is 0 Å². The first-order valence-electron chi connectivity index (χ1n) is 8.07. The largest absolute Gasteiger partial charge is 0.308 e. The first-order chi connectivity index (χ1) is 11.7. The Morgan fingerprint density at radius 3 is 1.83 bits per heavy atom. The molecule has 0 fully saturated rings. The van der Waals surface area contributed by atoms with Crippen molar-refractivity contribution in [2.24, 2.45) is 0 Å². The smallest absolute Gasteiger partial charge is 0.0601 e. The molecule has 0 bridgehead atoms. The van der Waals surface area contributed by atoms with Gasteiger partial charge in [0.15, 0.2) is 0 Å². The zero-order valence-electron chi connectivity index (χ0n) is 13.9. The normalized spacial score (nSPS) is 12.5. The maximum absolute atomic E-state index is 3.85. The fourth-order valence-corrected chi connectivity index (χ4v) is 4.32. The minimum atomic E-state index is 1.14. The summed E-state index contributed by atoms with van der Waals surface area (Å²) in [5.74, 6) is 0. The van der Waals surface area contributed by atoms with Gasteiger partial charge in [0.2, 0.25) is 0 Å². The summed E-state index contributed by atoms with van der Waals surface area (Å²) >= 11 is 1.86. The third-order valence-electron chi connectivity index (χ3n) is 4.32. The maximum Gasteiger partial charge on any atom is 0.0601 e. The lowest BCUT2D eigenvalue weighted by molar-refractivity contribution is 1.15. The minimum Gasteiger partial charge on any atom is -0.308 e. The van der Waals surface area contributed by atoms with E-state index < -0.39 is 0 Å². The number of benzene rings is 3. The van der Waals surface area contributed by atoms with E-state index in [1.165, 1.54) is 38.0 Å². The van der Waals surface area contributed by atoms with Crippen LogP contribution in [-0.2, 0) is 0 Å². The Balaban J connectivity index is 1.93. The summed E-state index contributed by atoms with van der Waals surface area (Å²) in [5, 5.41) is 0. The second-order valence-corrected chi connectivity index (χ2v) is 7.26. The minimum absolute atomic E-state index is 1.14. The van der Waals surface area contributed by atoms with E-state index in [2.05, 4.69) is 86.0 Å². The number of hydrogen-bond donors (Lipinski definition) is 0. The van der Waals surface area contributed by atoms with Crippen molar-refractivity contribution in [3.8, 4) is 0 Å². The summed E-state index contributed by atoms with van der Waals surface area (Å²) in [6, 6.07) is 21.9. The van der Waals surface area contributed by atoms with Crippen molar-refractivity contribution in [1.29, 1.82) is 0 Å². The van der Waals surface area contributed by atoms with Gasteiger partial charge in [-0.3, -0.25) is 0 Å². The maximum atomic E-state index is 3.85. The van der Waals surface area contributed by atoms with Crippen LogP contribution in [0.1, 0.15) is 16.7 Å². The van der Waals surface area contributed by atoms with E-state index >= 15 is 0 Å². The molecule has 3 aromatic rings. The monoisotopic (exact) mass is 329 g/mol. The molecule has 3 aromatic carbocycles. The van der Waals surface area contributed by atoms with Crippen LogP contribution in [-0.4, -0.2) is 0 Å². The predicted molar refractivity (Wildman–Crippen MR) is 105 cm³/mol. The zero-order chi connectivity index (χ0) is 16.7. The Bertz CT molecular complexity index is 874. The van der Waals surface area contributed by atoms with Crippen LogP contribution in [0.2, 0.25) is 0 Å². The van der Waals surface area contributed by atoms with Crippen LogP contribution in [0.5, 0.6) is 0 Å². The standard InChI is InChI=1S/C22H19NS/c1-4-17-7-9-18(10-8-17)23-19-11-5-15(2)13-21(19)24-22-14-16(3)6-12-20(22)23/h4-14H,1H2,2-3H3. The summed E-state index contributed by atoms with van der Waals surface area (Å²) in [7, 11) is 0. The summed E-state index contributed by atoms with van der Waals surface area (Å²) in [6.07, 6.45) is 1.88. The van der Waals surface area contributed by atoms with Crippen LogP contribution in [0.15, 0.2) is 77.0 Å². The number of nitrogens with zero attached hydrogens (tertiary/aromatic N) is 1. The van der Waals surface area contributed by atoms with Gasteiger partial charge in [0.25, 0.3) is 0 Å². The van der Waals surface area contributed by atoms with E-state index in [1.807, 2.05) is 17.8 Å². The topological polar surface area (TPSA) is 3.24 Å². The van der Waals surface area contributed by atoms with Crippen molar-refractivity contribution in [3.05, 3.63) is 83.9 Å². The first-order valence-corrected chi connectivity index (χ1v) is 8.89. The summed E-state index contributed by atoms with van der Waals surface area (Å²) in [4.78, 5) is 4.97. The molecule has 0 amide bonds. The Labute approximate surface area is 147 Å². The Hall–Kier alpha value is -2.45. The average Bonchev–Trinajstić information content (AvgIpc) is 2.59. The van der Waals surface area contributed by atoms with Gasteiger partial charge in [-0.25, -0.2) is 0 Å². The molecule has 0 N–H and O–H groups in total. The fraction of sp³-hybridized carbons (Fsp3) is 0.0909. The molecular formula is C22H19NS. The quantitative estimate of drug-likeness (QED) is 0.394. The van der Waals surface area contributed by atoms with Gasteiger partial charge in [-0.05, 0) is 66.9 Å². The van der Waals surface area contributed by atoms with E-state index in [-0.39, 0.29) is 0 Å². The lowest BCUT2D eigenvalue weighted by Crippen LogP contribution is -2.15. The molecule has 0 spiro atoms. The molecule has 0 atom stereocenters. The number of fused-ring (bicyclic) bond motifs is 2. The van der Waals surface area contributed by atoms with Gasteiger partial charge in [-0.1, -0.05) is 48.7 Å². The number of anilines is 3. The number of rotatable bonds is 2. The molecule has 24 heavy (non-hydrogen) atoms. The molecule has 0 radical (unpaired) electrons. The van der Waals surface area contributed by atoms with Gasteiger partial charge >= 0.3 is 0 Å². The van der Waals surface area contributed by atoms with Gasteiger partial charge in [0.05, 0.1) is 11.4 Å². The lowest BCUT2D eigenvalue weighted by Gasteiger charge is -2.33. The third kappa shape index (κ3) is 2.53. The van der Waals surface area contributed by atoms with Gasteiger partial charge in [-0.2, -0.15) is 0 Å². The summed E-state index contributed by atoms with van der Waals surface area (Å²) in [5.41, 5.74) is 7.38. The molecule has 1 aliphatic heterocycles. The highest BCUT2D eigenvalue weighted by atomic mass is 32.2. The lowest BCUT2D eigenvalue weighted by atomic mass is 10.1. The molecule has 0 unspecified atom stereocenters. The molecule has 0 saturated heterocycles.